The Kier molecular flexibility index (Phi) is 31.5. The number of unbranched alkanes of at least 4 members (excludes halogenated alkanes) is 25. The minimum Gasteiger partial charge on any atom is -0.396 e. The summed E-state index contributed by atoms with van der Waals surface area (Å²) in [5, 5.41) is 17.6. The van der Waals surface area contributed by atoms with E-state index >= 15 is 0 Å². The molecular weight excluding hydrogens is 761 g/mol. The van der Waals surface area contributed by atoms with E-state index in [9.17, 15) is 0 Å². The first-order chi connectivity index (χ1) is 30.7. The third kappa shape index (κ3) is 25.6. The summed E-state index contributed by atoms with van der Waals surface area (Å²) < 4.78 is 9.15. The summed E-state index contributed by atoms with van der Waals surface area (Å²) in [6.07, 6.45) is 54.4. The fraction of sp³-hybridized carbons (Fsp3) is 0.643. The number of aromatic nitrogens is 4. The maximum absolute atomic E-state index is 8.81. The summed E-state index contributed by atoms with van der Waals surface area (Å²) in [5.41, 5.74) is 5.17. The number of nitrogens with zero attached hydrogens (tertiary/aromatic N) is 4. The van der Waals surface area contributed by atoms with Crippen LogP contribution < -0.4 is 18.3 Å². The van der Waals surface area contributed by atoms with Crippen molar-refractivity contribution in [3.05, 3.63) is 98.1 Å². The molecule has 4 heterocycles. The number of hydrogen-bond donors (Lipinski definition) is 2. The van der Waals surface area contributed by atoms with Gasteiger partial charge in [0.1, 0.15) is 26.2 Å². The second-order valence-corrected chi connectivity index (χ2v) is 17.9. The minimum atomic E-state index is 0.350. The molecule has 4 rings (SSSR count). The minimum absolute atomic E-state index is 0.350. The molecule has 0 atom stereocenters. The highest BCUT2D eigenvalue weighted by atomic mass is 16.3. The van der Waals surface area contributed by atoms with Crippen molar-refractivity contribution in [1.29, 1.82) is 0 Å². The molecule has 6 heteroatoms. The molecule has 0 fully saturated rings. The highest BCUT2D eigenvalue weighted by Crippen LogP contribution is 2.18. The lowest BCUT2D eigenvalue weighted by molar-refractivity contribution is -0.697. The van der Waals surface area contributed by atoms with Crippen molar-refractivity contribution in [2.45, 2.75) is 220 Å². The van der Waals surface area contributed by atoms with Crippen molar-refractivity contribution in [2.24, 2.45) is 0 Å². The predicted molar refractivity (Wildman–Crippen MR) is 259 cm³/mol. The highest BCUT2D eigenvalue weighted by molar-refractivity contribution is 5.61. The molecule has 0 unspecified atom stereocenters. The molecule has 344 valence electrons. The van der Waals surface area contributed by atoms with Gasteiger partial charge >= 0.3 is 0 Å². The van der Waals surface area contributed by atoms with Crippen molar-refractivity contribution in [3.8, 4) is 22.3 Å². The molecule has 0 aliphatic carbocycles. The van der Waals surface area contributed by atoms with Crippen LogP contribution >= 0.6 is 0 Å². The van der Waals surface area contributed by atoms with Gasteiger partial charge in [-0.15, -0.1) is 0 Å². The summed E-state index contributed by atoms with van der Waals surface area (Å²) in [6, 6.07) is 17.9. The first-order valence-electron chi connectivity index (χ1n) is 25.9. The molecule has 4 aromatic rings. The number of aryl methyl sites for hydroxylation is 4. The molecule has 4 aromatic heterocycles. The summed E-state index contributed by atoms with van der Waals surface area (Å²) in [5.74, 6) is 0. The average molecular weight is 853 g/mol. The van der Waals surface area contributed by atoms with Gasteiger partial charge in [0.2, 0.25) is 0 Å². The van der Waals surface area contributed by atoms with E-state index < -0.39 is 0 Å². The Balaban J connectivity index is 0.000000348. The normalized spacial score (nSPS) is 11.2. The molecular formula is C56H92N4O2+4. The van der Waals surface area contributed by atoms with Gasteiger partial charge in [-0.3, -0.25) is 0 Å². The van der Waals surface area contributed by atoms with Crippen LogP contribution in [0.25, 0.3) is 22.3 Å². The zero-order valence-corrected chi connectivity index (χ0v) is 40.0. The maximum Gasteiger partial charge on any atom is 0.169 e. The number of aliphatic hydroxyl groups is 2. The van der Waals surface area contributed by atoms with Gasteiger partial charge in [-0.05, 0) is 61.3 Å². The Morgan fingerprint density at radius 3 is 0.710 bits per heavy atom. The first-order valence-corrected chi connectivity index (χ1v) is 25.9. The fourth-order valence-corrected chi connectivity index (χ4v) is 8.33. The molecule has 0 radical (unpaired) electrons. The van der Waals surface area contributed by atoms with Crippen LogP contribution in [0.15, 0.2) is 98.1 Å². The number of hydrogen-bond acceptors (Lipinski definition) is 2. The van der Waals surface area contributed by atoms with Crippen molar-refractivity contribution in [3.63, 3.8) is 0 Å². The van der Waals surface area contributed by atoms with Gasteiger partial charge < -0.3 is 10.2 Å². The van der Waals surface area contributed by atoms with Crippen LogP contribution in [0.4, 0.5) is 0 Å². The summed E-state index contributed by atoms with van der Waals surface area (Å²) in [4.78, 5) is 0. The van der Waals surface area contributed by atoms with Gasteiger partial charge in [-0.25, -0.2) is 18.3 Å². The molecule has 6 nitrogen and oxygen atoms in total. The van der Waals surface area contributed by atoms with Crippen molar-refractivity contribution >= 4 is 0 Å². The van der Waals surface area contributed by atoms with Crippen molar-refractivity contribution < 1.29 is 28.5 Å². The largest absolute Gasteiger partial charge is 0.396 e. The Hall–Kier alpha value is -3.48. The molecule has 0 aromatic carbocycles. The van der Waals surface area contributed by atoms with E-state index in [2.05, 4.69) is 130 Å². The van der Waals surface area contributed by atoms with Gasteiger partial charge in [-0.2, -0.15) is 0 Å². The smallest absolute Gasteiger partial charge is 0.169 e. The maximum atomic E-state index is 8.81. The van der Waals surface area contributed by atoms with Crippen LogP contribution in [0.5, 0.6) is 0 Å². The van der Waals surface area contributed by atoms with E-state index in [0.29, 0.717) is 13.2 Å². The van der Waals surface area contributed by atoms with Crippen LogP contribution in [0, 0.1) is 0 Å². The molecule has 0 spiro atoms. The fourth-order valence-electron chi connectivity index (χ4n) is 8.33. The molecule has 0 amide bonds. The van der Waals surface area contributed by atoms with E-state index in [1.165, 1.54) is 189 Å². The van der Waals surface area contributed by atoms with Gasteiger partial charge in [0, 0.05) is 81.0 Å². The summed E-state index contributed by atoms with van der Waals surface area (Å²) >= 11 is 0. The van der Waals surface area contributed by atoms with Gasteiger partial charge in [0.05, 0.1) is 0 Å². The zero-order valence-electron chi connectivity index (χ0n) is 40.0. The lowest BCUT2D eigenvalue weighted by Gasteiger charge is -2.03. The third-order valence-electron chi connectivity index (χ3n) is 12.5. The van der Waals surface area contributed by atoms with Crippen LogP contribution in [-0.4, -0.2) is 23.4 Å². The van der Waals surface area contributed by atoms with E-state index in [1.807, 2.05) is 0 Å². The third-order valence-corrected chi connectivity index (χ3v) is 12.5. The molecule has 0 aliphatic heterocycles. The molecule has 0 aliphatic rings. The first kappa shape index (κ1) is 52.9. The quantitative estimate of drug-likeness (QED) is 0.0354. The number of aliphatic hydroxyl groups excluding tert-OH is 2. The van der Waals surface area contributed by atoms with E-state index in [4.69, 9.17) is 10.2 Å². The lowest BCUT2D eigenvalue weighted by atomic mass is 10.1. The summed E-state index contributed by atoms with van der Waals surface area (Å²) in [7, 11) is 0. The van der Waals surface area contributed by atoms with E-state index in [0.717, 1.165) is 39.0 Å². The number of pyridine rings is 4. The molecule has 0 saturated heterocycles. The Bertz CT molecular complexity index is 1510. The highest BCUT2D eigenvalue weighted by Gasteiger charge is 2.08. The van der Waals surface area contributed by atoms with Gasteiger partial charge in [0.25, 0.3) is 0 Å². The second-order valence-electron chi connectivity index (χ2n) is 17.9. The van der Waals surface area contributed by atoms with Crippen molar-refractivity contribution in [1.82, 2.24) is 0 Å². The molecule has 0 bridgehead atoms. The van der Waals surface area contributed by atoms with Crippen LogP contribution in [-0.2, 0) is 26.2 Å². The Morgan fingerprint density at radius 1 is 0.274 bits per heavy atom. The van der Waals surface area contributed by atoms with Crippen LogP contribution in [0.2, 0.25) is 0 Å². The lowest BCUT2D eigenvalue weighted by Crippen LogP contribution is -2.33. The molecule has 2 N–H and O–H groups in total. The van der Waals surface area contributed by atoms with E-state index in [1.54, 1.807) is 0 Å². The van der Waals surface area contributed by atoms with Crippen LogP contribution in [0.3, 0.4) is 0 Å². The SMILES string of the molecule is CCCCCCCCCCCC[n+]1ccc(-c2cc[n+](CCCCCCCCCCCO)cc2)cc1.CC[n+]1ccc(-c2cc[n+](CCCCCCCCCCCO)cc2)cc1. The number of rotatable bonds is 36. The predicted octanol–water partition coefficient (Wildman–Crippen LogP) is 12.8. The van der Waals surface area contributed by atoms with E-state index in [-0.39, 0.29) is 0 Å². The second kappa shape index (κ2) is 36.9. The Labute approximate surface area is 380 Å². The van der Waals surface area contributed by atoms with Crippen molar-refractivity contribution in [2.75, 3.05) is 13.2 Å². The van der Waals surface area contributed by atoms with Crippen LogP contribution in [0.1, 0.15) is 194 Å². The zero-order chi connectivity index (χ0) is 44.0. The molecule has 62 heavy (non-hydrogen) atoms. The topological polar surface area (TPSA) is 56.0 Å². The average Bonchev–Trinajstić information content (AvgIpc) is 3.32. The monoisotopic (exact) mass is 853 g/mol. The molecule has 0 saturated carbocycles. The van der Waals surface area contributed by atoms with Gasteiger partial charge in [0.15, 0.2) is 49.6 Å². The standard InChI is InChI=1S/C33H56N2O.C23H36N2O/c1-2-3-4-5-6-7-9-12-15-18-25-34-27-21-32(22-28-34)33-23-29-35(30-24-33)26-19-16-13-10-8-11-14-17-20-31-36;1-2-24-17-12-22(13-18-24)23-14-19-25(20-15-23)16-10-8-6-4-3-5-7-9-11-21-26/h21-24,27-30,36H,2-20,25-26,31H2,1H3;12-15,17-20,26H,2-11,16,21H2,1H3/q2*+2. The summed E-state index contributed by atoms with van der Waals surface area (Å²) in [6.45, 7) is 9.52. The Morgan fingerprint density at radius 2 is 0.484 bits per heavy atom. The van der Waals surface area contributed by atoms with Gasteiger partial charge in [-0.1, -0.05) is 135 Å².